The molecule has 29 heavy (non-hydrogen) atoms. The molecule has 7 nitrogen and oxygen atoms in total. The third kappa shape index (κ3) is 3.52. The highest BCUT2D eigenvalue weighted by Gasteiger charge is 2.15. The summed E-state index contributed by atoms with van der Waals surface area (Å²) in [5, 5.41) is 3.98. The molecule has 4 aromatic rings. The summed E-state index contributed by atoms with van der Waals surface area (Å²) < 4.78 is 18.2. The van der Waals surface area contributed by atoms with E-state index >= 15 is 0 Å². The largest absolute Gasteiger partial charge is 0.493 e. The van der Waals surface area contributed by atoms with Gasteiger partial charge in [0.05, 0.1) is 33.2 Å². The molecule has 0 spiro atoms. The Labute approximate surface area is 172 Å². The number of rotatable bonds is 6. The lowest BCUT2D eigenvalue weighted by molar-refractivity contribution is 0.324. The Kier molecular flexibility index (Phi) is 5.14. The lowest BCUT2D eigenvalue weighted by Crippen LogP contribution is -2.01. The van der Waals surface area contributed by atoms with E-state index in [4.69, 9.17) is 25.8 Å². The number of nitrogens with zero attached hydrogens (tertiary/aromatic N) is 3. The number of nitrogens with one attached hydrogen (secondary N) is 1. The third-order valence-corrected chi connectivity index (χ3v) is 4.75. The predicted molar refractivity (Wildman–Crippen MR) is 113 cm³/mol. The highest BCUT2D eigenvalue weighted by molar-refractivity contribution is 6.30. The van der Waals surface area contributed by atoms with Gasteiger partial charge in [0.2, 0.25) is 5.75 Å². The highest BCUT2D eigenvalue weighted by atomic mass is 35.5. The molecule has 2 heterocycles. The first-order valence-electron chi connectivity index (χ1n) is 8.79. The van der Waals surface area contributed by atoms with Crippen LogP contribution in [0.3, 0.4) is 0 Å². The van der Waals surface area contributed by atoms with Crippen LogP contribution in [0, 0.1) is 0 Å². The van der Waals surface area contributed by atoms with Crippen molar-refractivity contribution in [2.45, 2.75) is 0 Å². The number of methoxy groups -OCH3 is 3. The summed E-state index contributed by atoms with van der Waals surface area (Å²) in [4.78, 5) is 9.00. The van der Waals surface area contributed by atoms with Crippen molar-refractivity contribution in [3.8, 4) is 28.5 Å². The summed E-state index contributed by atoms with van der Waals surface area (Å²) in [5.74, 6) is 2.22. The van der Waals surface area contributed by atoms with Gasteiger partial charge >= 0.3 is 0 Å². The molecule has 2 aromatic carbocycles. The lowest BCUT2D eigenvalue weighted by atomic mass is 10.2. The summed E-state index contributed by atoms with van der Waals surface area (Å²) in [6.07, 6.45) is 5.39. The topological polar surface area (TPSA) is 69.9 Å². The summed E-state index contributed by atoms with van der Waals surface area (Å²) in [5.41, 5.74) is 3.36. The minimum atomic E-state index is 0.526. The Bertz CT molecular complexity index is 1130. The minimum absolute atomic E-state index is 0.526. The molecular weight excluding hydrogens is 392 g/mol. The zero-order chi connectivity index (χ0) is 20.4. The van der Waals surface area contributed by atoms with Crippen LogP contribution in [0.2, 0.25) is 5.02 Å². The molecule has 0 aliphatic rings. The first-order valence-corrected chi connectivity index (χ1v) is 9.17. The molecule has 0 aliphatic heterocycles. The number of imidazole rings is 1. The number of ether oxygens (including phenoxy) is 3. The summed E-state index contributed by atoms with van der Waals surface area (Å²) in [7, 11) is 4.72. The van der Waals surface area contributed by atoms with Crippen LogP contribution < -0.4 is 19.5 Å². The van der Waals surface area contributed by atoms with Gasteiger partial charge < -0.3 is 19.5 Å². The van der Waals surface area contributed by atoms with E-state index in [1.165, 1.54) is 0 Å². The van der Waals surface area contributed by atoms with Gasteiger partial charge in [0, 0.05) is 40.8 Å². The molecule has 148 valence electrons. The first-order chi connectivity index (χ1) is 14.1. The number of anilines is 2. The van der Waals surface area contributed by atoms with Gasteiger partial charge in [-0.2, -0.15) is 0 Å². The standard InChI is InChI=1S/C21H19ClN4O3/c1-27-17-10-15(11-18(28-2)19(17)29-3)25-20-21-24-12-16(26(21)9-8-23-20)13-4-6-14(22)7-5-13/h4-12H,1-3H3,(H,23,25). The van der Waals surface area contributed by atoms with Gasteiger partial charge in [-0.1, -0.05) is 23.7 Å². The summed E-state index contributed by atoms with van der Waals surface area (Å²) in [6.45, 7) is 0. The molecule has 4 rings (SSSR count). The third-order valence-electron chi connectivity index (χ3n) is 4.50. The second-order valence-corrected chi connectivity index (χ2v) is 6.60. The Morgan fingerprint density at radius 3 is 2.24 bits per heavy atom. The fraction of sp³-hybridized carbons (Fsp3) is 0.143. The molecule has 1 N–H and O–H groups in total. The van der Waals surface area contributed by atoms with Crippen LogP contribution in [-0.4, -0.2) is 35.7 Å². The van der Waals surface area contributed by atoms with Crippen LogP contribution >= 0.6 is 11.6 Å². The molecule has 0 amide bonds. The molecular formula is C21H19ClN4O3. The fourth-order valence-corrected chi connectivity index (χ4v) is 3.26. The zero-order valence-electron chi connectivity index (χ0n) is 16.1. The average Bonchev–Trinajstić information content (AvgIpc) is 3.18. The monoisotopic (exact) mass is 410 g/mol. The van der Waals surface area contributed by atoms with Crippen molar-refractivity contribution in [1.82, 2.24) is 14.4 Å². The lowest BCUT2D eigenvalue weighted by Gasteiger charge is -2.15. The van der Waals surface area contributed by atoms with Gasteiger partial charge in [0.25, 0.3) is 0 Å². The predicted octanol–water partition coefficient (Wildman–Crippen LogP) is 4.82. The van der Waals surface area contributed by atoms with E-state index in [2.05, 4.69) is 15.3 Å². The van der Waals surface area contributed by atoms with Crippen molar-refractivity contribution in [1.29, 1.82) is 0 Å². The van der Waals surface area contributed by atoms with E-state index in [0.717, 1.165) is 16.9 Å². The van der Waals surface area contributed by atoms with Crippen LogP contribution in [0.4, 0.5) is 11.5 Å². The van der Waals surface area contributed by atoms with Crippen molar-refractivity contribution in [3.63, 3.8) is 0 Å². The number of benzene rings is 2. The maximum Gasteiger partial charge on any atom is 0.203 e. The Hall–Kier alpha value is -3.45. The molecule has 0 unspecified atom stereocenters. The van der Waals surface area contributed by atoms with Crippen molar-refractivity contribution in [3.05, 3.63) is 60.0 Å². The highest BCUT2D eigenvalue weighted by Crippen LogP contribution is 2.40. The van der Waals surface area contributed by atoms with Gasteiger partial charge in [0.15, 0.2) is 23.0 Å². The molecule has 0 aliphatic carbocycles. The summed E-state index contributed by atoms with van der Waals surface area (Å²) >= 11 is 6.01. The van der Waals surface area contributed by atoms with E-state index < -0.39 is 0 Å². The van der Waals surface area contributed by atoms with Crippen LogP contribution in [0.5, 0.6) is 17.2 Å². The second kappa shape index (κ2) is 7.89. The Morgan fingerprint density at radius 1 is 0.931 bits per heavy atom. The molecule has 0 atom stereocenters. The molecule has 0 saturated heterocycles. The van der Waals surface area contributed by atoms with Crippen LogP contribution in [0.1, 0.15) is 0 Å². The molecule has 0 bridgehead atoms. The molecule has 0 radical (unpaired) electrons. The summed E-state index contributed by atoms with van der Waals surface area (Å²) in [6, 6.07) is 11.3. The van der Waals surface area contributed by atoms with Crippen LogP contribution in [0.15, 0.2) is 55.0 Å². The number of fused-ring (bicyclic) bond motifs is 1. The second-order valence-electron chi connectivity index (χ2n) is 6.16. The van der Waals surface area contributed by atoms with Gasteiger partial charge in [-0.15, -0.1) is 0 Å². The first kappa shape index (κ1) is 18.9. The van der Waals surface area contributed by atoms with Gasteiger partial charge in [-0.25, -0.2) is 9.97 Å². The Morgan fingerprint density at radius 2 is 1.62 bits per heavy atom. The van der Waals surface area contributed by atoms with Crippen LogP contribution in [-0.2, 0) is 0 Å². The van der Waals surface area contributed by atoms with Crippen molar-refractivity contribution < 1.29 is 14.2 Å². The van der Waals surface area contributed by atoms with E-state index in [-0.39, 0.29) is 0 Å². The van der Waals surface area contributed by atoms with E-state index in [0.29, 0.717) is 33.7 Å². The van der Waals surface area contributed by atoms with Gasteiger partial charge in [-0.3, -0.25) is 4.40 Å². The maximum absolute atomic E-state index is 6.01. The normalized spacial score (nSPS) is 10.8. The number of halogens is 1. The van der Waals surface area contributed by atoms with Crippen molar-refractivity contribution in [2.75, 3.05) is 26.6 Å². The molecule has 8 heteroatoms. The molecule has 0 fully saturated rings. The van der Waals surface area contributed by atoms with Crippen molar-refractivity contribution >= 4 is 28.8 Å². The molecule has 2 aromatic heterocycles. The maximum atomic E-state index is 6.01. The van der Waals surface area contributed by atoms with Gasteiger partial charge in [0.1, 0.15) is 0 Å². The zero-order valence-corrected chi connectivity index (χ0v) is 16.9. The average molecular weight is 411 g/mol. The van der Waals surface area contributed by atoms with Crippen molar-refractivity contribution in [2.24, 2.45) is 0 Å². The smallest absolute Gasteiger partial charge is 0.203 e. The Balaban J connectivity index is 1.75. The molecule has 0 saturated carbocycles. The SMILES string of the molecule is COc1cc(Nc2nccn3c(-c4ccc(Cl)cc4)cnc23)cc(OC)c1OC. The number of hydrogen-bond donors (Lipinski definition) is 1. The minimum Gasteiger partial charge on any atom is -0.493 e. The quantitative estimate of drug-likeness (QED) is 0.491. The van der Waals surface area contributed by atoms with E-state index in [1.54, 1.807) is 33.7 Å². The van der Waals surface area contributed by atoms with Gasteiger partial charge in [-0.05, 0) is 12.1 Å². The van der Waals surface area contributed by atoms with E-state index in [1.807, 2.05) is 47.0 Å². The van der Waals surface area contributed by atoms with E-state index in [9.17, 15) is 0 Å². The van der Waals surface area contributed by atoms with Crippen LogP contribution in [0.25, 0.3) is 16.9 Å². The number of hydrogen-bond acceptors (Lipinski definition) is 6. The number of aromatic nitrogens is 3. The fourth-order valence-electron chi connectivity index (χ4n) is 3.13.